The van der Waals surface area contributed by atoms with Gasteiger partial charge in [0.15, 0.2) is 0 Å². The van der Waals surface area contributed by atoms with Crippen LogP contribution in [0.4, 0.5) is 0 Å². The minimum atomic E-state index is -0.857. The van der Waals surface area contributed by atoms with Gasteiger partial charge in [0.2, 0.25) is 0 Å². The van der Waals surface area contributed by atoms with Crippen molar-refractivity contribution in [1.82, 2.24) is 0 Å². The Labute approximate surface area is 150 Å². The Hall–Kier alpha value is -1.95. The monoisotopic (exact) mass is 350 g/mol. The maximum absolute atomic E-state index is 10.3. The normalized spacial score (nSPS) is 16.6. The molecule has 0 saturated heterocycles. The molecule has 5 nitrogen and oxygen atoms in total. The van der Waals surface area contributed by atoms with Gasteiger partial charge >= 0.3 is 5.97 Å². The second-order valence-corrected chi connectivity index (χ2v) is 5.60. The Morgan fingerprint density at radius 3 is 2.00 bits per heavy atom. The number of allylic oxidation sites excluding steroid dienone is 6. The summed E-state index contributed by atoms with van der Waals surface area (Å²) in [7, 11) is 0. The number of carbonyl (C=O) groups is 1. The van der Waals surface area contributed by atoms with Crippen LogP contribution in [0.2, 0.25) is 0 Å². The van der Waals surface area contributed by atoms with E-state index >= 15 is 0 Å². The van der Waals surface area contributed by atoms with Crippen LogP contribution in [0.25, 0.3) is 0 Å². The predicted octanol–water partition coefficient (Wildman–Crippen LogP) is 2.91. The Kier molecular flexibility index (Phi) is 14.4. The number of aliphatic hydroxyl groups is 3. The number of aliphatic carboxylic acids is 1. The largest absolute Gasteiger partial charge is 0.481 e. The van der Waals surface area contributed by atoms with Gasteiger partial charge in [0.05, 0.1) is 18.3 Å². The molecule has 0 aromatic carbocycles. The molecule has 0 saturated carbocycles. The van der Waals surface area contributed by atoms with Crippen molar-refractivity contribution in [2.45, 2.75) is 57.3 Å². The number of carboxylic acids is 1. The van der Waals surface area contributed by atoms with Gasteiger partial charge in [0.1, 0.15) is 0 Å². The minimum Gasteiger partial charge on any atom is -0.481 e. The van der Waals surface area contributed by atoms with Crippen molar-refractivity contribution >= 4 is 5.97 Å². The number of hydrogen-bond donors (Lipinski definition) is 4. The van der Waals surface area contributed by atoms with E-state index in [1.165, 1.54) is 0 Å². The predicted molar refractivity (Wildman–Crippen MR) is 100 cm³/mol. The first-order chi connectivity index (χ1) is 12.0. The highest BCUT2D eigenvalue weighted by molar-refractivity contribution is 5.66. The Bertz CT molecular complexity index is 488. The summed E-state index contributed by atoms with van der Waals surface area (Å²) in [4.78, 5) is 10.3. The van der Waals surface area contributed by atoms with Crippen LogP contribution < -0.4 is 0 Å². The number of hydrogen-bond acceptors (Lipinski definition) is 4. The first-order valence-electron chi connectivity index (χ1n) is 8.56. The summed E-state index contributed by atoms with van der Waals surface area (Å²) in [5, 5.41) is 37.2. The van der Waals surface area contributed by atoms with Crippen molar-refractivity contribution in [2.24, 2.45) is 0 Å². The molecule has 0 spiro atoms. The second-order valence-electron chi connectivity index (χ2n) is 5.60. The fourth-order valence-electron chi connectivity index (χ4n) is 1.78. The quantitative estimate of drug-likeness (QED) is 0.383. The zero-order valence-electron chi connectivity index (χ0n) is 14.7. The Morgan fingerprint density at radius 1 is 0.840 bits per heavy atom. The van der Waals surface area contributed by atoms with E-state index in [1.807, 2.05) is 13.0 Å². The lowest BCUT2D eigenvalue weighted by molar-refractivity contribution is -0.137. The summed E-state index contributed by atoms with van der Waals surface area (Å²) in [6.45, 7) is 1.90. The summed E-state index contributed by atoms with van der Waals surface area (Å²) in [5.41, 5.74) is 0. The van der Waals surface area contributed by atoms with Crippen LogP contribution >= 0.6 is 0 Å². The van der Waals surface area contributed by atoms with Gasteiger partial charge in [-0.3, -0.25) is 4.79 Å². The molecule has 140 valence electrons. The molecule has 5 heteroatoms. The first-order valence-corrected chi connectivity index (χ1v) is 8.56. The van der Waals surface area contributed by atoms with Crippen molar-refractivity contribution in [2.75, 3.05) is 0 Å². The molecular weight excluding hydrogens is 320 g/mol. The van der Waals surface area contributed by atoms with Gasteiger partial charge in [-0.25, -0.2) is 0 Å². The molecule has 0 fully saturated rings. The van der Waals surface area contributed by atoms with Gasteiger partial charge in [-0.15, -0.1) is 0 Å². The standard InChI is InChI=1S/C20H30O5/c1-2-17(21)11-8-5-9-14-18(22)12-6-3-4-7-13-19(23)15-10-16-20(24)25/h3-9,11-13,17-19,21-23H,2,10,14-16H2,1H3,(H,24,25)/b4-3+,9-5-,11-8+,12-6+,13-7-/t17-,18+,19-/m1/s1. The maximum atomic E-state index is 10.3. The highest BCUT2D eigenvalue weighted by Gasteiger charge is 2.01. The zero-order valence-corrected chi connectivity index (χ0v) is 14.7. The third-order valence-corrected chi connectivity index (χ3v) is 3.27. The van der Waals surface area contributed by atoms with Crippen LogP contribution in [0.1, 0.15) is 39.0 Å². The van der Waals surface area contributed by atoms with E-state index in [-0.39, 0.29) is 6.42 Å². The smallest absolute Gasteiger partial charge is 0.303 e. The van der Waals surface area contributed by atoms with Gasteiger partial charge in [-0.2, -0.15) is 0 Å². The fourth-order valence-corrected chi connectivity index (χ4v) is 1.78. The van der Waals surface area contributed by atoms with Gasteiger partial charge in [0, 0.05) is 6.42 Å². The lowest BCUT2D eigenvalue weighted by atomic mass is 10.1. The molecule has 0 unspecified atom stereocenters. The van der Waals surface area contributed by atoms with Gasteiger partial charge in [0.25, 0.3) is 0 Å². The lowest BCUT2D eigenvalue weighted by Crippen LogP contribution is -2.03. The summed E-state index contributed by atoms with van der Waals surface area (Å²) in [6, 6.07) is 0. The zero-order chi connectivity index (χ0) is 18.9. The van der Waals surface area contributed by atoms with Crippen LogP contribution in [0.3, 0.4) is 0 Å². The number of aliphatic hydroxyl groups excluding tert-OH is 3. The molecule has 0 amide bonds. The van der Waals surface area contributed by atoms with E-state index in [4.69, 9.17) is 5.11 Å². The van der Waals surface area contributed by atoms with E-state index < -0.39 is 24.3 Å². The van der Waals surface area contributed by atoms with Crippen LogP contribution in [0.15, 0.2) is 60.8 Å². The van der Waals surface area contributed by atoms with Gasteiger partial charge < -0.3 is 20.4 Å². The summed E-state index contributed by atoms with van der Waals surface area (Å²) in [5.74, 6) is -0.857. The highest BCUT2D eigenvalue weighted by atomic mass is 16.4. The molecule has 0 heterocycles. The van der Waals surface area contributed by atoms with Gasteiger partial charge in [-0.1, -0.05) is 67.7 Å². The van der Waals surface area contributed by atoms with Crippen molar-refractivity contribution in [1.29, 1.82) is 0 Å². The Balaban J connectivity index is 3.95. The molecule has 0 aromatic rings. The maximum Gasteiger partial charge on any atom is 0.303 e. The van der Waals surface area contributed by atoms with Crippen molar-refractivity contribution in [3.63, 3.8) is 0 Å². The molecule has 0 radical (unpaired) electrons. The average molecular weight is 350 g/mol. The molecule has 25 heavy (non-hydrogen) atoms. The molecule has 0 aliphatic heterocycles. The molecule has 4 N–H and O–H groups in total. The third-order valence-electron chi connectivity index (χ3n) is 3.27. The summed E-state index contributed by atoms with van der Waals surface area (Å²) in [6.07, 6.45) is 17.6. The van der Waals surface area contributed by atoms with Gasteiger partial charge in [-0.05, 0) is 25.7 Å². The van der Waals surface area contributed by atoms with Crippen LogP contribution in [0.5, 0.6) is 0 Å². The molecule has 0 bridgehead atoms. The van der Waals surface area contributed by atoms with Crippen molar-refractivity contribution in [3.05, 3.63) is 60.8 Å². The third kappa shape index (κ3) is 16.7. The number of rotatable bonds is 13. The summed E-state index contributed by atoms with van der Waals surface area (Å²) >= 11 is 0. The topological polar surface area (TPSA) is 98.0 Å². The summed E-state index contributed by atoms with van der Waals surface area (Å²) < 4.78 is 0. The molecular formula is C20H30O5. The van der Waals surface area contributed by atoms with Crippen molar-refractivity contribution < 1.29 is 25.2 Å². The highest BCUT2D eigenvalue weighted by Crippen LogP contribution is 2.02. The first kappa shape index (κ1) is 23.1. The van der Waals surface area contributed by atoms with Crippen LogP contribution in [0, 0.1) is 0 Å². The molecule has 0 aliphatic carbocycles. The van der Waals surface area contributed by atoms with E-state index in [0.717, 1.165) is 0 Å². The SMILES string of the molecule is CC[C@@H](O)/C=C/C=C\C[C@@H](O)/C=C/C=C/C=C\[C@@H](O)CCCC(=O)O. The second kappa shape index (κ2) is 15.6. The number of carboxylic acid groups (broad SMARTS) is 1. The van der Waals surface area contributed by atoms with E-state index in [2.05, 4.69) is 0 Å². The molecule has 0 aromatic heterocycles. The lowest BCUT2D eigenvalue weighted by Gasteiger charge is -2.02. The molecule has 3 atom stereocenters. The molecule has 0 aliphatic rings. The fraction of sp³-hybridized carbons (Fsp3) is 0.450. The average Bonchev–Trinajstić information content (AvgIpc) is 2.57. The Morgan fingerprint density at radius 2 is 1.40 bits per heavy atom. The molecule has 0 rings (SSSR count). The van der Waals surface area contributed by atoms with Crippen LogP contribution in [-0.4, -0.2) is 44.7 Å². The van der Waals surface area contributed by atoms with Crippen molar-refractivity contribution in [3.8, 4) is 0 Å². The van der Waals surface area contributed by atoms with Crippen LogP contribution in [-0.2, 0) is 4.79 Å². The minimum absolute atomic E-state index is 0.0603. The van der Waals surface area contributed by atoms with E-state index in [9.17, 15) is 20.1 Å². The van der Waals surface area contributed by atoms with E-state index in [1.54, 1.807) is 54.7 Å². The van der Waals surface area contributed by atoms with E-state index in [0.29, 0.717) is 25.7 Å².